The van der Waals surface area contributed by atoms with Crippen LogP contribution in [0.1, 0.15) is 25.3 Å². The Kier molecular flexibility index (Phi) is 6.32. The number of hydrogen-bond donors (Lipinski definition) is 1. The summed E-state index contributed by atoms with van der Waals surface area (Å²) in [4.78, 5) is 14.5. The number of nitrogens with zero attached hydrogens (tertiary/aromatic N) is 1. The highest BCUT2D eigenvalue weighted by Crippen LogP contribution is 2.29. The molecule has 0 bridgehead atoms. The predicted octanol–water partition coefficient (Wildman–Crippen LogP) is 2.45. The van der Waals surface area contributed by atoms with Crippen molar-refractivity contribution in [1.29, 1.82) is 0 Å². The van der Waals surface area contributed by atoms with Crippen LogP contribution in [0.4, 0.5) is 0 Å². The molecule has 0 saturated heterocycles. The number of nitrogens with one attached hydrogen (secondary N) is 1. The molecule has 2 rings (SSSR count). The number of amides is 1. The smallest absolute Gasteiger partial charge is 0.227 e. The SMILES string of the molecule is CNCC(C)C(=O)N(Cc1ccccc1)C1CC1.Cl. The van der Waals surface area contributed by atoms with Gasteiger partial charge in [0.15, 0.2) is 0 Å². The maximum Gasteiger partial charge on any atom is 0.227 e. The van der Waals surface area contributed by atoms with Crippen molar-refractivity contribution in [2.75, 3.05) is 13.6 Å². The third-order valence-electron chi connectivity index (χ3n) is 3.40. The van der Waals surface area contributed by atoms with Crippen molar-refractivity contribution in [3.63, 3.8) is 0 Å². The normalized spacial score (nSPS) is 15.5. The minimum absolute atomic E-state index is 0. The second-order valence-electron chi connectivity index (χ2n) is 5.14. The van der Waals surface area contributed by atoms with Crippen molar-refractivity contribution in [3.8, 4) is 0 Å². The number of halogens is 1. The predicted molar refractivity (Wildman–Crippen MR) is 80.4 cm³/mol. The van der Waals surface area contributed by atoms with Gasteiger partial charge in [0.1, 0.15) is 0 Å². The Morgan fingerprint density at radius 3 is 2.53 bits per heavy atom. The minimum atomic E-state index is 0. The fraction of sp³-hybridized carbons (Fsp3) is 0.533. The molecule has 1 aromatic carbocycles. The molecule has 19 heavy (non-hydrogen) atoms. The molecule has 3 nitrogen and oxygen atoms in total. The Morgan fingerprint density at radius 2 is 2.00 bits per heavy atom. The summed E-state index contributed by atoms with van der Waals surface area (Å²) in [5.74, 6) is 0.329. The van der Waals surface area contributed by atoms with E-state index in [2.05, 4.69) is 22.3 Å². The summed E-state index contributed by atoms with van der Waals surface area (Å²) in [5, 5.41) is 3.08. The topological polar surface area (TPSA) is 32.3 Å². The van der Waals surface area contributed by atoms with Gasteiger partial charge in [-0.05, 0) is 25.5 Å². The van der Waals surface area contributed by atoms with E-state index in [4.69, 9.17) is 0 Å². The van der Waals surface area contributed by atoms with E-state index in [9.17, 15) is 4.79 Å². The molecule has 1 saturated carbocycles. The third kappa shape index (κ3) is 4.51. The van der Waals surface area contributed by atoms with Crippen LogP contribution in [0.2, 0.25) is 0 Å². The molecule has 1 N–H and O–H groups in total. The second-order valence-corrected chi connectivity index (χ2v) is 5.14. The largest absolute Gasteiger partial charge is 0.335 e. The summed E-state index contributed by atoms with van der Waals surface area (Å²) < 4.78 is 0. The van der Waals surface area contributed by atoms with E-state index >= 15 is 0 Å². The van der Waals surface area contributed by atoms with Crippen LogP contribution in [-0.2, 0) is 11.3 Å². The van der Waals surface area contributed by atoms with Gasteiger partial charge in [-0.3, -0.25) is 4.79 Å². The summed E-state index contributed by atoms with van der Waals surface area (Å²) in [7, 11) is 1.89. The fourth-order valence-electron chi connectivity index (χ4n) is 2.23. The summed E-state index contributed by atoms with van der Waals surface area (Å²) in [6.07, 6.45) is 2.32. The summed E-state index contributed by atoms with van der Waals surface area (Å²) in [5.41, 5.74) is 1.22. The Hall–Kier alpha value is -1.06. The summed E-state index contributed by atoms with van der Waals surface area (Å²) >= 11 is 0. The second kappa shape index (κ2) is 7.51. The average molecular weight is 283 g/mol. The molecule has 0 aromatic heterocycles. The van der Waals surface area contributed by atoms with Gasteiger partial charge < -0.3 is 10.2 Å². The van der Waals surface area contributed by atoms with Gasteiger partial charge in [0.2, 0.25) is 5.91 Å². The molecule has 4 heteroatoms. The van der Waals surface area contributed by atoms with Crippen molar-refractivity contribution in [2.45, 2.75) is 32.4 Å². The van der Waals surface area contributed by atoms with Crippen molar-refractivity contribution < 1.29 is 4.79 Å². The molecule has 1 aliphatic carbocycles. The van der Waals surface area contributed by atoms with E-state index in [1.165, 1.54) is 5.56 Å². The number of carbonyl (C=O) groups excluding carboxylic acids is 1. The zero-order valence-electron chi connectivity index (χ0n) is 11.6. The fourth-order valence-corrected chi connectivity index (χ4v) is 2.23. The van der Waals surface area contributed by atoms with Gasteiger partial charge in [-0.2, -0.15) is 0 Å². The Labute approximate surface area is 121 Å². The first-order chi connectivity index (χ1) is 8.72. The van der Waals surface area contributed by atoms with Crippen LogP contribution in [0.25, 0.3) is 0 Å². The Balaban J connectivity index is 0.00000180. The lowest BCUT2D eigenvalue weighted by molar-refractivity contribution is -0.136. The molecule has 0 heterocycles. The maximum atomic E-state index is 12.4. The van der Waals surface area contributed by atoms with Crippen molar-refractivity contribution in [1.82, 2.24) is 10.2 Å². The van der Waals surface area contributed by atoms with Gasteiger partial charge in [-0.25, -0.2) is 0 Å². The van der Waals surface area contributed by atoms with Crippen LogP contribution in [0, 0.1) is 5.92 Å². The van der Waals surface area contributed by atoms with E-state index in [1.54, 1.807) is 0 Å². The van der Waals surface area contributed by atoms with Crippen molar-refractivity contribution in [2.24, 2.45) is 5.92 Å². The molecular weight excluding hydrogens is 260 g/mol. The average Bonchev–Trinajstić information content (AvgIpc) is 3.21. The standard InChI is InChI=1S/C15H22N2O.ClH/c1-12(10-16-2)15(18)17(14-8-9-14)11-13-6-4-3-5-7-13;/h3-7,12,14,16H,8-11H2,1-2H3;1H. The Bertz CT molecular complexity index is 392. The maximum absolute atomic E-state index is 12.4. The highest BCUT2D eigenvalue weighted by atomic mass is 35.5. The van der Waals surface area contributed by atoms with Gasteiger partial charge >= 0.3 is 0 Å². The van der Waals surface area contributed by atoms with Crippen LogP contribution >= 0.6 is 12.4 Å². The highest BCUT2D eigenvalue weighted by Gasteiger charge is 2.34. The lowest BCUT2D eigenvalue weighted by Gasteiger charge is -2.26. The van der Waals surface area contributed by atoms with Gasteiger partial charge in [-0.15, -0.1) is 12.4 Å². The first-order valence-electron chi connectivity index (χ1n) is 6.71. The first-order valence-corrected chi connectivity index (χ1v) is 6.71. The lowest BCUT2D eigenvalue weighted by atomic mass is 10.1. The lowest BCUT2D eigenvalue weighted by Crippen LogP contribution is -2.39. The number of hydrogen-bond acceptors (Lipinski definition) is 2. The van der Waals surface area contributed by atoms with E-state index < -0.39 is 0 Å². The molecule has 0 aliphatic heterocycles. The molecule has 0 radical (unpaired) electrons. The molecule has 1 fully saturated rings. The van der Waals surface area contributed by atoms with Crippen molar-refractivity contribution >= 4 is 18.3 Å². The number of benzene rings is 1. The van der Waals surface area contributed by atoms with Gasteiger partial charge in [-0.1, -0.05) is 37.3 Å². The van der Waals surface area contributed by atoms with E-state index in [0.717, 1.165) is 25.9 Å². The third-order valence-corrected chi connectivity index (χ3v) is 3.40. The van der Waals surface area contributed by atoms with Crippen LogP contribution in [0.3, 0.4) is 0 Å². The quantitative estimate of drug-likeness (QED) is 0.869. The molecular formula is C15H23ClN2O. The Morgan fingerprint density at radius 1 is 1.37 bits per heavy atom. The molecule has 1 atom stereocenters. The van der Waals surface area contributed by atoms with Gasteiger partial charge in [0.25, 0.3) is 0 Å². The summed E-state index contributed by atoms with van der Waals surface area (Å²) in [6.45, 7) is 3.49. The van der Waals surface area contributed by atoms with Crippen LogP contribution in [-0.4, -0.2) is 30.4 Å². The van der Waals surface area contributed by atoms with Gasteiger partial charge in [0, 0.05) is 25.0 Å². The van der Waals surface area contributed by atoms with Gasteiger partial charge in [0.05, 0.1) is 0 Å². The first kappa shape index (κ1) is 16.0. The zero-order valence-corrected chi connectivity index (χ0v) is 12.5. The van der Waals surface area contributed by atoms with E-state index in [1.807, 2.05) is 32.2 Å². The molecule has 1 aliphatic rings. The van der Waals surface area contributed by atoms with E-state index in [-0.39, 0.29) is 24.2 Å². The molecule has 1 unspecified atom stereocenters. The number of rotatable bonds is 6. The summed E-state index contributed by atoms with van der Waals surface area (Å²) in [6, 6.07) is 10.7. The van der Waals surface area contributed by atoms with E-state index in [0.29, 0.717) is 6.04 Å². The molecule has 0 spiro atoms. The monoisotopic (exact) mass is 282 g/mol. The van der Waals surface area contributed by atoms with Crippen LogP contribution in [0.15, 0.2) is 30.3 Å². The van der Waals surface area contributed by atoms with Crippen LogP contribution in [0.5, 0.6) is 0 Å². The minimum Gasteiger partial charge on any atom is -0.335 e. The zero-order chi connectivity index (χ0) is 13.0. The van der Waals surface area contributed by atoms with Crippen LogP contribution < -0.4 is 5.32 Å². The highest BCUT2D eigenvalue weighted by molar-refractivity contribution is 5.85. The molecule has 1 aromatic rings. The molecule has 1 amide bonds. The van der Waals surface area contributed by atoms with Crippen molar-refractivity contribution in [3.05, 3.63) is 35.9 Å². The number of carbonyl (C=O) groups is 1. The molecule has 106 valence electrons.